The van der Waals surface area contributed by atoms with Crippen molar-refractivity contribution in [3.05, 3.63) is 23.3 Å². The van der Waals surface area contributed by atoms with Gasteiger partial charge in [0.2, 0.25) is 0 Å². The lowest BCUT2D eigenvalue weighted by Crippen LogP contribution is -2.36. The highest BCUT2D eigenvalue weighted by atomic mass is 16.5. The van der Waals surface area contributed by atoms with Gasteiger partial charge in [-0.25, -0.2) is 0 Å². The van der Waals surface area contributed by atoms with Crippen LogP contribution in [0.3, 0.4) is 0 Å². The van der Waals surface area contributed by atoms with E-state index in [-0.39, 0.29) is 12.5 Å². The van der Waals surface area contributed by atoms with Crippen molar-refractivity contribution in [2.75, 3.05) is 41.4 Å². The molecule has 3 atom stereocenters. The van der Waals surface area contributed by atoms with Crippen LogP contribution < -0.4 is 25.6 Å². The van der Waals surface area contributed by atoms with Crippen LogP contribution in [0.25, 0.3) is 0 Å². The van der Waals surface area contributed by atoms with Gasteiger partial charge in [-0.05, 0) is 43.4 Å². The van der Waals surface area contributed by atoms with E-state index in [1.165, 1.54) is 29.7 Å². The van der Waals surface area contributed by atoms with Gasteiger partial charge in [0, 0.05) is 38.8 Å². The molecule has 7 heteroatoms. The third-order valence-electron chi connectivity index (χ3n) is 5.70. The second kappa shape index (κ2) is 8.91. The third-order valence-corrected chi connectivity index (χ3v) is 5.70. The van der Waals surface area contributed by atoms with E-state index in [0.717, 1.165) is 12.1 Å². The fourth-order valence-electron chi connectivity index (χ4n) is 4.25. The smallest absolute Gasteiger partial charge is 0.259 e. The molecule has 1 amide bonds. The van der Waals surface area contributed by atoms with E-state index in [1.54, 1.807) is 21.2 Å². The number of likely N-dealkylation sites (N-methyl/N-ethyl adjacent to an activating group) is 1. The average molecular weight is 377 g/mol. The van der Waals surface area contributed by atoms with Crippen molar-refractivity contribution >= 4 is 5.91 Å². The molecule has 1 heterocycles. The number of methoxy groups -OCH3 is 1. The molecule has 0 aromatic heterocycles. The number of carbonyl (C=O) groups is 1. The maximum absolute atomic E-state index is 12.0. The number of hydrazine groups is 1. The summed E-state index contributed by atoms with van der Waals surface area (Å²) in [6.45, 7) is 1.66. The summed E-state index contributed by atoms with van der Waals surface area (Å²) in [6.07, 6.45) is 3.63. The monoisotopic (exact) mass is 376 g/mol. The molecule has 2 fully saturated rings. The largest absolute Gasteiger partial charge is 0.493 e. The molecule has 0 bridgehead atoms. The zero-order chi connectivity index (χ0) is 19.4. The quantitative estimate of drug-likeness (QED) is 0.665. The number of fused-ring (bicyclic) bond motifs is 1. The van der Waals surface area contributed by atoms with E-state index in [4.69, 9.17) is 9.47 Å². The standard InChI is InChI=1S/C20H32N4O3/c1-21-10-14-8-13(15-6-5-7-17-16(15)11-22-23-17)9-18(26-4)20(14)27-12-19(25)24(2)3/h8-9,15-17,21-23H,5-7,10-12H2,1-4H3. The van der Waals surface area contributed by atoms with Crippen molar-refractivity contribution in [3.8, 4) is 11.5 Å². The molecule has 3 unspecified atom stereocenters. The summed E-state index contributed by atoms with van der Waals surface area (Å²) >= 11 is 0. The van der Waals surface area contributed by atoms with Gasteiger partial charge in [0.25, 0.3) is 5.91 Å². The minimum absolute atomic E-state index is 0.00138. The summed E-state index contributed by atoms with van der Waals surface area (Å²) in [5.74, 6) is 2.36. The number of nitrogens with one attached hydrogen (secondary N) is 3. The maximum atomic E-state index is 12.0. The fourth-order valence-corrected chi connectivity index (χ4v) is 4.25. The number of carbonyl (C=O) groups excluding carboxylic acids is 1. The molecule has 1 saturated carbocycles. The third kappa shape index (κ3) is 4.36. The number of ether oxygens (including phenoxy) is 2. The van der Waals surface area contributed by atoms with Crippen molar-refractivity contribution in [1.29, 1.82) is 0 Å². The molecule has 1 aromatic rings. The number of nitrogens with zero attached hydrogens (tertiary/aromatic N) is 1. The minimum Gasteiger partial charge on any atom is -0.493 e. The molecule has 0 radical (unpaired) electrons. The predicted molar refractivity (Wildman–Crippen MR) is 105 cm³/mol. The first-order chi connectivity index (χ1) is 13.0. The molecule has 1 saturated heterocycles. The summed E-state index contributed by atoms with van der Waals surface area (Å²) in [4.78, 5) is 13.5. The van der Waals surface area contributed by atoms with Crippen molar-refractivity contribution in [2.45, 2.75) is 37.8 Å². The van der Waals surface area contributed by atoms with Crippen LogP contribution in [0.1, 0.15) is 36.3 Å². The molecule has 27 heavy (non-hydrogen) atoms. The van der Waals surface area contributed by atoms with Gasteiger partial charge in [-0.15, -0.1) is 0 Å². The lowest BCUT2D eigenvalue weighted by molar-refractivity contribution is -0.130. The van der Waals surface area contributed by atoms with Crippen LogP contribution in [0.5, 0.6) is 11.5 Å². The molecule has 1 aromatic carbocycles. The minimum atomic E-state index is -0.0743. The lowest BCUT2D eigenvalue weighted by Gasteiger charge is -2.33. The topological polar surface area (TPSA) is 74.9 Å². The summed E-state index contributed by atoms with van der Waals surface area (Å²) in [5.41, 5.74) is 9.07. The Morgan fingerprint density at radius 1 is 1.33 bits per heavy atom. The van der Waals surface area contributed by atoms with E-state index in [1.807, 2.05) is 7.05 Å². The number of hydrogen-bond acceptors (Lipinski definition) is 6. The Hall–Kier alpha value is -1.83. The van der Waals surface area contributed by atoms with Crippen LogP contribution in [0.4, 0.5) is 0 Å². The van der Waals surface area contributed by atoms with Crippen LogP contribution >= 0.6 is 0 Å². The van der Waals surface area contributed by atoms with E-state index < -0.39 is 0 Å². The van der Waals surface area contributed by atoms with Crippen molar-refractivity contribution < 1.29 is 14.3 Å². The van der Waals surface area contributed by atoms with Gasteiger partial charge in [0.05, 0.1) is 7.11 Å². The number of rotatable bonds is 7. The van der Waals surface area contributed by atoms with E-state index in [0.29, 0.717) is 35.9 Å². The van der Waals surface area contributed by atoms with Gasteiger partial charge >= 0.3 is 0 Å². The zero-order valence-corrected chi connectivity index (χ0v) is 16.8. The van der Waals surface area contributed by atoms with E-state index in [2.05, 4.69) is 28.3 Å². The average Bonchev–Trinajstić information content (AvgIpc) is 3.15. The highest BCUT2D eigenvalue weighted by Gasteiger charge is 2.37. The van der Waals surface area contributed by atoms with Gasteiger partial charge in [0.15, 0.2) is 18.1 Å². The molecule has 0 spiro atoms. The first-order valence-electron chi connectivity index (χ1n) is 9.72. The molecular formula is C20H32N4O3. The Bertz CT molecular complexity index is 665. The molecule has 7 nitrogen and oxygen atoms in total. The Balaban J connectivity index is 1.90. The lowest BCUT2D eigenvalue weighted by atomic mass is 9.73. The van der Waals surface area contributed by atoms with Crippen molar-refractivity contribution in [2.24, 2.45) is 5.92 Å². The van der Waals surface area contributed by atoms with Gasteiger partial charge < -0.3 is 19.7 Å². The van der Waals surface area contributed by atoms with Crippen LogP contribution in [-0.4, -0.2) is 58.3 Å². The molecule has 3 N–H and O–H groups in total. The van der Waals surface area contributed by atoms with Crippen molar-refractivity contribution in [1.82, 2.24) is 21.1 Å². The van der Waals surface area contributed by atoms with E-state index >= 15 is 0 Å². The summed E-state index contributed by atoms with van der Waals surface area (Å²) in [5, 5.41) is 3.21. The molecule has 3 rings (SSSR count). The first-order valence-corrected chi connectivity index (χ1v) is 9.72. The summed E-state index contributed by atoms with van der Waals surface area (Å²) < 4.78 is 11.5. The molecular weight excluding hydrogens is 344 g/mol. The highest BCUT2D eigenvalue weighted by molar-refractivity contribution is 5.77. The first kappa shape index (κ1) is 19.9. The van der Waals surface area contributed by atoms with Gasteiger partial charge in [0.1, 0.15) is 0 Å². The van der Waals surface area contributed by atoms with Crippen LogP contribution in [0.15, 0.2) is 12.1 Å². The van der Waals surface area contributed by atoms with Crippen LogP contribution in [0.2, 0.25) is 0 Å². The van der Waals surface area contributed by atoms with Gasteiger partial charge in [-0.2, -0.15) is 0 Å². The second-order valence-electron chi connectivity index (χ2n) is 7.65. The number of amides is 1. The van der Waals surface area contributed by atoms with E-state index in [9.17, 15) is 4.79 Å². The summed E-state index contributed by atoms with van der Waals surface area (Å²) in [7, 11) is 7.02. The SMILES string of the molecule is CNCc1cc(C2CCCC3NNCC32)cc(OC)c1OCC(=O)N(C)C. The van der Waals surface area contributed by atoms with Crippen LogP contribution in [0, 0.1) is 5.92 Å². The molecule has 1 aliphatic heterocycles. The summed E-state index contributed by atoms with van der Waals surface area (Å²) in [6, 6.07) is 4.86. The number of hydrogen-bond donors (Lipinski definition) is 3. The zero-order valence-electron chi connectivity index (χ0n) is 16.8. The number of benzene rings is 1. The highest BCUT2D eigenvalue weighted by Crippen LogP contribution is 2.43. The molecule has 150 valence electrons. The van der Waals surface area contributed by atoms with Crippen LogP contribution in [-0.2, 0) is 11.3 Å². The Morgan fingerprint density at radius 2 is 2.15 bits per heavy atom. The van der Waals surface area contributed by atoms with Gasteiger partial charge in [-0.1, -0.05) is 12.5 Å². The Labute approximate surface area is 161 Å². The maximum Gasteiger partial charge on any atom is 0.259 e. The molecule has 2 aliphatic rings. The normalized spacial score (nSPS) is 24.4. The Kier molecular flexibility index (Phi) is 6.57. The second-order valence-corrected chi connectivity index (χ2v) is 7.65. The van der Waals surface area contributed by atoms with Crippen molar-refractivity contribution in [3.63, 3.8) is 0 Å². The van der Waals surface area contributed by atoms with Gasteiger partial charge in [-0.3, -0.25) is 15.6 Å². The molecule has 1 aliphatic carbocycles. The fraction of sp³-hybridized carbons (Fsp3) is 0.650. The Morgan fingerprint density at radius 3 is 2.85 bits per heavy atom. The predicted octanol–water partition coefficient (Wildman–Crippen LogP) is 1.24.